The van der Waals surface area contributed by atoms with E-state index in [9.17, 15) is 27.9 Å². The van der Waals surface area contributed by atoms with Gasteiger partial charge in [-0.15, -0.1) is 11.8 Å². The van der Waals surface area contributed by atoms with Gasteiger partial charge in [-0.2, -0.15) is 18.4 Å². The quantitative estimate of drug-likeness (QED) is 0.249. The van der Waals surface area contributed by atoms with Crippen LogP contribution < -0.4 is 5.32 Å². The minimum absolute atomic E-state index is 0.0947. The summed E-state index contributed by atoms with van der Waals surface area (Å²) in [6.45, 7) is 1.26. The number of alkyl halides is 3. The first-order valence-corrected chi connectivity index (χ1v) is 11.5. The number of nitriles is 1. The van der Waals surface area contributed by atoms with E-state index < -0.39 is 34.8 Å². The number of esters is 1. The molecule has 2 N–H and O–H groups in total. The van der Waals surface area contributed by atoms with Crippen molar-refractivity contribution in [3.63, 3.8) is 0 Å². The molecule has 0 aromatic heterocycles. The standard InChI is InChI=1S/C26H21F3N2O4S/c1-25(34,24(33)31-18-11-9-17(14-30)21(13-18)26(27,28)29)15-36-22-8-4-6-19-16(5-3-7-20(19)22)10-12-23(32)35-2/h3-13,34H,15H2,1-2H3,(H,31,33)/b12-10+. The first-order chi connectivity index (χ1) is 17.0. The normalized spacial score (nSPS) is 13.2. The van der Waals surface area contributed by atoms with Gasteiger partial charge >= 0.3 is 12.1 Å². The van der Waals surface area contributed by atoms with Crippen LogP contribution >= 0.6 is 11.8 Å². The Labute approximate surface area is 209 Å². The van der Waals surface area contributed by atoms with E-state index in [2.05, 4.69) is 10.1 Å². The molecule has 3 rings (SSSR count). The molecular formula is C26H21F3N2O4S. The molecule has 0 saturated heterocycles. The SMILES string of the molecule is COC(=O)/C=C/c1cccc2c(SCC(C)(O)C(=O)Nc3ccc(C#N)c(C(F)(F)F)c3)cccc12. The van der Waals surface area contributed by atoms with Crippen molar-refractivity contribution in [1.29, 1.82) is 5.26 Å². The summed E-state index contributed by atoms with van der Waals surface area (Å²) < 4.78 is 44.3. The molecule has 0 radical (unpaired) electrons. The number of methoxy groups -OCH3 is 1. The number of ether oxygens (including phenoxy) is 1. The van der Waals surface area contributed by atoms with Crippen molar-refractivity contribution in [3.8, 4) is 6.07 Å². The molecule has 3 aromatic rings. The van der Waals surface area contributed by atoms with Crippen LogP contribution in [0.15, 0.2) is 65.6 Å². The van der Waals surface area contributed by atoms with Crippen molar-refractivity contribution in [3.05, 3.63) is 77.4 Å². The highest BCUT2D eigenvalue weighted by atomic mass is 32.2. The lowest BCUT2D eigenvalue weighted by atomic mass is 10.0. The fourth-order valence-corrected chi connectivity index (χ4v) is 4.38. The number of rotatable bonds is 7. The molecule has 1 amide bonds. The summed E-state index contributed by atoms with van der Waals surface area (Å²) in [6, 6.07) is 15.2. The number of nitrogens with zero attached hydrogens (tertiary/aromatic N) is 1. The fraction of sp³-hybridized carbons (Fsp3) is 0.192. The first kappa shape index (κ1) is 26.8. The number of hydrogen-bond acceptors (Lipinski definition) is 6. The average molecular weight is 515 g/mol. The summed E-state index contributed by atoms with van der Waals surface area (Å²) in [4.78, 5) is 24.9. The number of aliphatic hydroxyl groups is 1. The minimum atomic E-state index is -4.77. The highest BCUT2D eigenvalue weighted by Crippen LogP contribution is 2.35. The molecule has 36 heavy (non-hydrogen) atoms. The van der Waals surface area contributed by atoms with Gasteiger partial charge in [0.1, 0.15) is 5.60 Å². The van der Waals surface area contributed by atoms with Crippen LogP contribution in [0.4, 0.5) is 18.9 Å². The molecule has 186 valence electrons. The summed E-state index contributed by atoms with van der Waals surface area (Å²) in [5, 5.41) is 23.6. The molecule has 10 heteroatoms. The van der Waals surface area contributed by atoms with Gasteiger partial charge in [0.2, 0.25) is 0 Å². The van der Waals surface area contributed by atoms with Crippen LogP contribution in [0.25, 0.3) is 16.8 Å². The summed E-state index contributed by atoms with van der Waals surface area (Å²) in [5.74, 6) is -1.48. The summed E-state index contributed by atoms with van der Waals surface area (Å²) >= 11 is 1.20. The van der Waals surface area contributed by atoms with Gasteiger partial charge in [-0.05, 0) is 53.6 Å². The lowest BCUT2D eigenvalue weighted by molar-refractivity contribution is -0.138. The Morgan fingerprint density at radius 2 is 1.83 bits per heavy atom. The van der Waals surface area contributed by atoms with Crippen LogP contribution in [0.2, 0.25) is 0 Å². The largest absolute Gasteiger partial charge is 0.466 e. The van der Waals surface area contributed by atoms with Crippen molar-refractivity contribution >= 4 is 46.2 Å². The molecule has 0 aliphatic rings. The van der Waals surface area contributed by atoms with Gasteiger partial charge in [-0.1, -0.05) is 30.3 Å². The third-order valence-electron chi connectivity index (χ3n) is 5.22. The van der Waals surface area contributed by atoms with E-state index in [0.29, 0.717) is 6.07 Å². The fourth-order valence-electron chi connectivity index (χ4n) is 3.31. The van der Waals surface area contributed by atoms with Gasteiger partial charge in [-0.3, -0.25) is 4.79 Å². The minimum Gasteiger partial charge on any atom is -0.466 e. The molecule has 0 aliphatic heterocycles. The van der Waals surface area contributed by atoms with Crippen LogP contribution in [-0.4, -0.2) is 35.4 Å². The predicted octanol–water partition coefficient (Wildman–Crippen LogP) is 5.40. The lowest BCUT2D eigenvalue weighted by Gasteiger charge is -2.23. The van der Waals surface area contributed by atoms with Crippen molar-refractivity contribution in [2.45, 2.75) is 23.6 Å². The highest BCUT2D eigenvalue weighted by Gasteiger charge is 2.35. The van der Waals surface area contributed by atoms with Gasteiger partial charge in [0, 0.05) is 22.4 Å². The molecule has 1 atom stereocenters. The van der Waals surface area contributed by atoms with Crippen molar-refractivity contribution < 1.29 is 32.6 Å². The van der Waals surface area contributed by atoms with E-state index >= 15 is 0 Å². The Morgan fingerprint density at radius 3 is 2.50 bits per heavy atom. The number of benzene rings is 3. The van der Waals surface area contributed by atoms with Crippen LogP contribution in [0.5, 0.6) is 0 Å². The molecule has 0 saturated carbocycles. The molecular weight excluding hydrogens is 493 g/mol. The van der Waals surface area contributed by atoms with E-state index in [0.717, 1.165) is 27.3 Å². The number of amides is 1. The van der Waals surface area contributed by atoms with Crippen LogP contribution in [-0.2, 0) is 20.5 Å². The Bertz CT molecular complexity index is 1380. The monoisotopic (exact) mass is 514 g/mol. The molecule has 1 unspecified atom stereocenters. The summed E-state index contributed by atoms with van der Waals surface area (Å²) in [7, 11) is 1.28. The van der Waals surface area contributed by atoms with Gasteiger partial charge in [0.25, 0.3) is 5.91 Å². The van der Waals surface area contributed by atoms with Crippen molar-refractivity contribution in [2.24, 2.45) is 0 Å². The first-order valence-electron chi connectivity index (χ1n) is 10.5. The number of thioether (sulfide) groups is 1. The zero-order valence-electron chi connectivity index (χ0n) is 19.2. The summed E-state index contributed by atoms with van der Waals surface area (Å²) in [5.41, 5.74) is -3.10. The molecule has 0 heterocycles. The number of hydrogen-bond donors (Lipinski definition) is 2. The zero-order valence-corrected chi connectivity index (χ0v) is 20.0. The second-order valence-corrected chi connectivity index (χ2v) is 8.96. The molecule has 0 fully saturated rings. The Balaban J connectivity index is 1.79. The topological polar surface area (TPSA) is 99.4 Å². The molecule has 3 aromatic carbocycles. The third-order valence-corrected chi connectivity index (χ3v) is 6.59. The van der Waals surface area contributed by atoms with Crippen molar-refractivity contribution in [1.82, 2.24) is 0 Å². The number of nitrogens with one attached hydrogen (secondary N) is 1. The number of anilines is 1. The summed E-state index contributed by atoms with van der Waals surface area (Å²) in [6.07, 6.45) is -1.85. The van der Waals surface area contributed by atoms with Gasteiger partial charge in [0.15, 0.2) is 0 Å². The lowest BCUT2D eigenvalue weighted by Crippen LogP contribution is -2.42. The number of halogens is 3. The smallest absolute Gasteiger partial charge is 0.417 e. The van der Waals surface area contributed by atoms with Crippen LogP contribution in [0.1, 0.15) is 23.6 Å². The maximum atomic E-state index is 13.2. The second kappa shape index (κ2) is 10.8. The zero-order chi connectivity index (χ0) is 26.5. The third kappa shape index (κ3) is 6.24. The Morgan fingerprint density at radius 1 is 1.14 bits per heavy atom. The van der Waals surface area contributed by atoms with E-state index in [-0.39, 0.29) is 11.4 Å². The molecule has 0 bridgehead atoms. The maximum Gasteiger partial charge on any atom is 0.417 e. The molecule has 0 spiro atoms. The molecule has 0 aliphatic carbocycles. The van der Waals surface area contributed by atoms with Gasteiger partial charge in [0.05, 0.1) is 24.3 Å². The predicted molar refractivity (Wildman–Crippen MR) is 131 cm³/mol. The highest BCUT2D eigenvalue weighted by molar-refractivity contribution is 7.99. The van der Waals surface area contributed by atoms with E-state index in [4.69, 9.17) is 5.26 Å². The van der Waals surface area contributed by atoms with Crippen LogP contribution in [0, 0.1) is 11.3 Å². The van der Waals surface area contributed by atoms with Gasteiger partial charge in [-0.25, -0.2) is 4.79 Å². The van der Waals surface area contributed by atoms with E-state index in [1.165, 1.54) is 44.0 Å². The maximum absolute atomic E-state index is 13.2. The number of fused-ring (bicyclic) bond motifs is 1. The Kier molecular flexibility index (Phi) is 8.07. The van der Waals surface area contributed by atoms with Crippen LogP contribution in [0.3, 0.4) is 0 Å². The van der Waals surface area contributed by atoms with E-state index in [1.807, 2.05) is 24.3 Å². The second-order valence-electron chi connectivity index (χ2n) is 7.94. The molecule has 6 nitrogen and oxygen atoms in total. The van der Waals surface area contributed by atoms with Crippen molar-refractivity contribution in [2.75, 3.05) is 18.2 Å². The van der Waals surface area contributed by atoms with E-state index in [1.54, 1.807) is 18.2 Å². The average Bonchev–Trinajstić information content (AvgIpc) is 2.85. The Hall–Kier alpha value is -3.81. The number of carbonyl (C=O) groups excluding carboxylic acids is 2. The number of carbonyl (C=O) groups is 2. The van der Waals surface area contributed by atoms with Gasteiger partial charge < -0.3 is 15.2 Å².